The van der Waals surface area contributed by atoms with Crippen LogP contribution in [0.1, 0.15) is 42.7 Å². The smallest absolute Gasteiger partial charge is 0.253 e. The van der Waals surface area contributed by atoms with E-state index in [-0.39, 0.29) is 17.7 Å². The molecule has 4 heteroatoms. The van der Waals surface area contributed by atoms with Crippen molar-refractivity contribution >= 4 is 17.4 Å². The van der Waals surface area contributed by atoms with E-state index in [1.807, 2.05) is 62.4 Å². The zero-order valence-electron chi connectivity index (χ0n) is 16.5. The molecule has 2 rings (SSSR count). The van der Waals surface area contributed by atoms with Crippen LogP contribution in [0.25, 0.3) is 0 Å². The number of hydrogen-bond acceptors (Lipinski definition) is 3. The third-order valence-electron chi connectivity index (χ3n) is 4.36. The lowest BCUT2D eigenvalue weighted by molar-refractivity contribution is -0.113. The lowest BCUT2D eigenvalue weighted by atomic mass is 10.0. The van der Waals surface area contributed by atoms with Crippen LogP contribution in [0.2, 0.25) is 0 Å². The summed E-state index contributed by atoms with van der Waals surface area (Å²) in [6.07, 6.45) is 5.04. The van der Waals surface area contributed by atoms with E-state index in [2.05, 4.69) is 17.2 Å². The van der Waals surface area contributed by atoms with Crippen molar-refractivity contribution in [1.82, 2.24) is 5.32 Å². The Morgan fingerprint density at radius 2 is 1.64 bits per heavy atom. The second kappa shape index (κ2) is 10.1. The van der Waals surface area contributed by atoms with Crippen molar-refractivity contribution in [2.45, 2.75) is 26.8 Å². The largest absolute Gasteiger partial charge is 0.360 e. The summed E-state index contributed by atoms with van der Waals surface area (Å²) in [7, 11) is 0. The Morgan fingerprint density at radius 1 is 1.00 bits per heavy atom. The van der Waals surface area contributed by atoms with Gasteiger partial charge in [0.25, 0.3) is 5.91 Å². The van der Waals surface area contributed by atoms with E-state index in [1.165, 1.54) is 6.92 Å². The number of Topliss-reactive ketones (excluding diaryl/α,β-unsaturated/α-hetero) is 1. The maximum absolute atomic E-state index is 12.8. The zero-order valence-corrected chi connectivity index (χ0v) is 16.5. The third kappa shape index (κ3) is 5.55. The Bertz CT molecular complexity index is 911. The molecule has 0 bridgehead atoms. The van der Waals surface area contributed by atoms with Gasteiger partial charge >= 0.3 is 0 Å². The summed E-state index contributed by atoms with van der Waals surface area (Å²) in [5, 5.41) is 6.12. The van der Waals surface area contributed by atoms with E-state index >= 15 is 0 Å². The molecule has 144 valence electrons. The number of para-hydroxylation sites is 1. The number of ketones is 1. The van der Waals surface area contributed by atoms with Gasteiger partial charge in [0.1, 0.15) is 0 Å². The van der Waals surface area contributed by atoms with E-state index in [1.54, 1.807) is 24.4 Å². The summed E-state index contributed by atoms with van der Waals surface area (Å²) < 4.78 is 0. The lowest BCUT2D eigenvalue weighted by Crippen LogP contribution is -2.27. The predicted molar refractivity (Wildman–Crippen MR) is 115 cm³/mol. The van der Waals surface area contributed by atoms with Gasteiger partial charge in [0.2, 0.25) is 0 Å². The van der Waals surface area contributed by atoms with Crippen LogP contribution in [0.4, 0.5) is 5.69 Å². The number of hydrogen-bond donors (Lipinski definition) is 2. The number of carbonyl (C=O) groups is 2. The Morgan fingerprint density at radius 3 is 2.29 bits per heavy atom. The van der Waals surface area contributed by atoms with E-state index in [0.717, 1.165) is 11.1 Å². The molecule has 0 aromatic heterocycles. The average molecular weight is 374 g/mol. The van der Waals surface area contributed by atoms with Crippen molar-refractivity contribution in [2.24, 2.45) is 0 Å². The number of benzene rings is 2. The van der Waals surface area contributed by atoms with Gasteiger partial charge in [-0.1, -0.05) is 61.2 Å². The van der Waals surface area contributed by atoms with Crippen LogP contribution in [0.15, 0.2) is 90.7 Å². The van der Waals surface area contributed by atoms with Crippen LogP contribution < -0.4 is 10.6 Å². The van der Waals surface area contributed by atoms with Crippen LogP contribution in [0.3, 0.4) is 0 Å². The highest BCUT2D eigenvalue weighted by atomic mass is 16.1. The minimum atomic E-state index is -0.185. The Labute approximate surface area is 166 Å². The highest BCUT2D eigenvalue weighted by molar-refractivity contribution is 6.01. The topological polar surface area (TPSA) is 58.2 Å². The first-order chi connectivity index (χ1) is 13.4. The molecule has 4 nitrogen and oxygen atoms in total. The summed E-state index contributed by atoms with van der Waals surface area (Å²) in [5.74, 6) is -0.252. The molecule has 0 spiro atoms. The molecule has 0 aliphatic heterocycles. The highest BCUT2D eigenvalue weighted by Crippen LogP contribution is 2.19. The van der Waals surface area contributed by atoms with Crippen LogP contribution in [-0.2, 0) is 4.79 Å². The molecule has 2 aromatic rings. The molecule has 0 heterocycles. The third-order valence-corrected chi connectivity index (χ3v) is 4.36. The molecular formula is C24H26N2O2. The van der Waals surface area contributed by atoms with Crippen molar-refractivity contribution in [2.75, 3.05) is 5.32 Å². The molecule has 28 heavy (non-hydrogen) atoms. The Hall–Kier alpha value is -3.40. The molecule has 0 aliphatic carbocycles. The fraction of sp³-hybridized carbons (Fsp3) is 0.167. The average Bonchev–Trinajstić information content (AvgIpc) is 2.69. The van der Waals surface area contributed by atoms with Gasteiger partial charge in [0, 0.05) is 11.8 Å². The first-order valence-electron chi connectivity index (χ1n) is 9.16. The van der Waals surface area contributed by atoms with Crippen LogP contribution >= 0.6 is 0 Å². The number of carbonyl (C=O) groups excluding carboxylic acids is 2. The van der Waals surface area contributed by atoms with Gasteiger partial charge in [-0.3, -0.25) is 9.59 Å². The first kappa shape index (κ1) is 20.9. The summed E-state index contributed by atoms with van der Waals surface area (Å²) >= 11 is 0. The standard InChI is InChI=1S/C24H26N2O2/c1-5-11-17(2)22(19(4)27)16-25-23-15-10-9-14-21(23)24(28)26-18(3)20-12-7-6-8-13-20/h5-16,18,25H,1H2,2-4H3,(H,26,28)/b17-11+,22-16?. The monoisotopic (exact) mass is 374 g/mol. The lowest BCUT2D eigenvalue weighted by Gasteiger charge is -2.16. The SMILES string of the molecule is C=C/C=C(\C)C(=CNc1ccccc1C(=O)NC(C)c1ccccc1)C(C)=O. The van der Waals surface area contributed by atoms with Gasteiger partial charge < -0.3 is 10.6 Å². The highest BCUT2D eigenvalue weighted by Gasteiger charge is 2.14. The van der Waals surface area contributed by atoms with Gasteiger partial charge in [-0.25, -0.2) is 0 Å². The van der Waals surface area contributed by atoms with Gasteiger partial charge in [-0.15, -0.1) is 0 Å². The van der Waals surface area contributed by atoms with E-state index in [9.17, 15) is 9.59 Å². The summed E-state index contributed by atoms with van der Waals surface area (Å²) in [5.41, 5.74) is 3.51. The predicted octanol–water partition coefficient (Wildman–Crippen LogP) is 5.19. The van der Waals surface area contributed by atoms with E-state index < -0.39 is 0 Å². The Kier molecular flexibility index (Phi) is 7.52. The van der Waals surface area contributed by atoms with Crippen molar-refractivity contribution in [1.29, 1.82) is 0 Å². The second-order valence-electron chi connectivity index (χ2n) is 6.50. The molecular weight excluding hydrogens is 348 g/mol. The molecule has 1 atom stereocenters. The van der Waals surface area contributed by atoms with Crippen LogP contribution in [0.5, 0.6) is 0 Å². The van der Waals surface area contributed by atoms with Crippen LogP contribution in [0, 0.1) is 0 Å². The van der Waals surface area contributed by atoms with E-state index in [4.69, 9.17) is 0 Å². The van der Waals surface area contributed by atoms with Gasteiger partial charge in [0.05, 0.1) is 17.3 Å². The Balaban J connectivity index is 2.23. The number of anilines is 1. The van der Waals surface area contributed by atoms with Gasteiger partial charge in [0.15, 0.2) is 5.78 Å². The zero-order chi connectivity index (χ0) is 20.5. The molecule has 0 saturated heterocycles. The number of amides is 1. The maximum Gasteiger partial charge on any atom is 0.253 e. The summed E-state index contributed by atoms with van der Waals surface area (Å²) in [6.45, 7) is 8.96. The number of allylic oxidation sites excluding steroid dienone is 4. The molecule has 0 aliphatic rings. The molecule has 0 saturated carbocycles. The molecule has 1 unspecified atom stereocenters. The minimum Gasteiger partial charge on any atom is -0.360 e. The normalized spacial score (nSPS) is 12.8. The number of rotatable bonds is 8. The fourth-order valence-electron chi connectivity index (χ4n) is 2.82. The molecule has 2 aromatic carbocycles. The van der Waals surface area contributed by atoms with Crippen LogP contribution in [-0.4, -0.2) is 11.7 Å². The molecule has 0 fully saturated rings. The minimum absolute atomic E-state index is 0.0669. The maximum atomic E-state index is 12.8. The fourth-order valence-corrected chi connectivity index (χ4v) is 2.82. The molecule has 2 N–H and O–H groups in total. The van der Waals surface area contributed by atoms with Crippen molar-refractivity contribution in [3.05, 3.63) is 102 Å². The van der Waals surface area contributed by atoms with Crippen molar-refractivity contribution in [3.8, 4) is 0 Å². The van der Waals surface area contributed by atoms with Gasteiger partial charge in [-0.2, -0.15) is 0 Å². The summed E-state index contributed by atoms with van der Waals surface area (Å²) in [4.78, 5) is 24.7. The second-order valence-corrected chi connectivity index (χ2v) is 6.50. The van der Waals surface area contributed by atoms with E-state index in [0.29, 0.717) is 16.8 Å². The van der Waals surface area contributed by atoms with Crippen molar-refractivity contribution < 1.29 is 9.59 Å². The van der Waals surface area contributed by atoms with Crippen molar-refractivity contribution in [3.63, 3.8) is 0 Å². The quantitative estimate of drug-likeness (QED) is 0.493. The number of nitrogens with one attached hydrogen (secondary N) is 2. The molecule has 1 amide bonds. The molecule has 0 radical (unpaired) electrons. The summed E-state index contributed by atoms with van der Waals surface area (Å²) in [6, 6.07) is 16.9. The first-order valence-corrected chi connectivity index (χ1v) is 9.16. The van der Waals surface area contributed by atoms with Gasteiger partial charge in [-0.05, 0) is 44.0 Å².